The summed E-state index contributed by atoms with van der Waals surface area (Å²) in [5.41, 5.74) is 0.998. The molecule has 13 heavy (non-hydrogen) atoms. The average Bonchev–Trinajstić information content (AvgIpc) is 2.13. The number of rotatable bonds is 3. The molecule has 0 saturated carbocycles. The maximum atomic E-state index is 10.4. The van der Waals surface area contributed by atoms with Crippen molar-refractivity contribution in [2.75, 3.05) is 0 Å². The Morgan fingerprint density at radius 2 is 2.46 bits per heavy atom. The first-order chi connectivity index (χ1) is 6.15. The summed E-state index contributed by atoms with van der Waals surface area (Å²) in [7, 11) is 0. The molecule has 0 aromatic rings. The summed E-state index contributed by atoms with van der Waals surface area (Å²) >= 11 is 6.01. The lowest BCUT2D eigenvalue weighted by molar-refractivity contribution is -0.114. The number of hydrogen-bond donors (Lipinski definition) is 0. The monoisotopic (exact) mass is 200 g/mol. The molecule has 0 spiro atoms. The summed E-state index contributed by atoms with van der Waals surface area (Å²) in [6.07, 6.45) is 5.02. The Hall–Kier alpha value is -0.760. The van der Waals surface area contributed by atoms with Gasteiger partial charge in [-0.3, -0.25) is 4.79 Å². The Morgan fingerprint density at radius 1 is 1.77 bits per heavy atom. The molecule has 72 valence electrons. The fourth-order valence-electron chi connectivity index (χ4n) is 1.12. The van der Waals surface area contributed by atoms with Gasteiger partial charge in [0.1, 0.15) is 5.76 Å². The molecule has 0 aliphatic heterocycles. The summed E-state index contributed by atoms with van der Waals surface area (Å²) < 4.78 is 5.36. The van der Waals surface area contributed by atoms with Crippen LogP contribution in [0.1, 0.15) is 20.3 Å². The highest BCUT2D eigenvalue weighted by molar-refractivity contribution is 6.22. The summed E-state index contributed by atoms with van der Waals surface area (Å²) in [5.74, 6) is 0.728. The third kappa shape index (κ3) is 2.59. The van der Waals surface area contributed by atoms with Crippen molar-refractivity contribution in [3.05, 3.63) is 23.5 Å². The van der Waals surface area contributed by atoms with E-state index in [1.54, 1.807) is 6.92 Å². The molecule has 2 atom stereocenters. The van der Waals surface area contributed by atoms with Crippen LogP contribution >= 0.6 is 11.6 Å². The highest BCUT2D eigenvalue weighted by atomic mass is 35.5. The molecule has 0 N–H and O–H groups in total. The number of ether oxygens (including phenoxy) is 1. The molecule has 0 amide bonds. The van der Waals surface area contributed by atoms with Crippen LogP contribution < -0.4 is 0 Å². The van der Waals surface area contributed by atoms with Crippen LogP contribution in [0.25, 0.3) is 0 Å². The van der Waals surface area contributed by atoms with Crippen LogP contribution in [0.4, 0.5) is 0 Å². The Bertz CT molecular complexity index is 256. The van der Waals surface area contributed by atoms with Crippen LogP contribution in [0.2, 0.25) is 0 Å². The highest BCUT2D eigenvalue weighted by Crippen LogP contribution is 2.24. The van der Waals surface area contributed by atoms with Gasteiger partial charge in [-0.1, -0.05) is 6.08 Å². The molecule has 1 aliphatic carbocycles. The minimum absolute atomic E-state index is 0.00106. The lowest BCUT2D eigenvalue weighted by Gasteiger charge is -2.19. The number of halogens is 1. The van der Waals surface area contributed by atoms with Gasteiger partial charge in [0.15, 0.2) is 12.4 Å². The van der Waals surface area contributed by atoms with E-state index in [0.717, 1.165) is 24.0 Å². The summed E-state index contributed by atoms with van der Waals surface area (Å²) in [4.78, 5) is 10.4. The number of allylic oxidation sites excluding steroid dienone is 3. The third-order valence-electron chi connectivity index (χ3n) is 1.98. The Labute approximate surface area is 83.2 Å². The summed E-state index contributed by atoms with van der Waals surface area (Å²) in [5, 5.41) is -0.00106. The molecular weight excluding hydrogens is 188 g/mol. The molecule has 0 saturated heterocycles. The molecule has 2 unspecified atom stereocenters. The van der Waals surface area contributed by atoms with Gasteiger partial charge in [-0.25, -0.2) is 0 Å². The minimum atomic E-state index is -0.406. The standard InChI is InChI=1S/C10H13ClO2/c1-7(6-12)13-10-5-3-4-9(11)8(10)2/h3,5-7,9H,4H2,1-2H3. The minimum Gasteiger partial charge on any atom is -0.483 e. The van der Waals surface area contributed by atoms with Crippen LogP contribution in [-0.4, -0.2) is 17.8 Å². The number of carbonyl (C=O) groups is 1. The van der Waals surface area contributed by atoms with Gasteiger partial charge < -0.3 is 4.74 Å². The van der Waals surface area contributed by atoms with Crippen LogP contribution in [0.3, 0.4) is 0 Å². The Morgan fingerprint density at radius 3 is 3.08 bits per heavy atom. The van der Waals surface area contributed by atoms with E-state index in [1.165, 1.54) is 0 Å². The molecular formula is C10H13ClO2. The van der Waals surface area contributed by atoms with Crippen LogP contribution in [0.15, 0.2) is 23.5 Å². The predicted molar refractivity (Wildman–Crippen MR) is 52.7 cm³/mol. The molecule has 0 fully saturated rings. The van der Waals surface area contributed by atoms with Crippen molar-refractivity contribution in [2.24, 2.45) is 0 Å². The molecule has 0 aromatic heterocycles. The lowest BCUT2D eigenvalue weighted by atomic mass is 10.0. The lowest BCUT2D eigenvalue weighted by Crippen LogP contribution is -2.14. The second kappa shape index (κ2) is 4.47. The molecule has 2 nitrogen and oxygen atoms in total. The van der Waals surface area contributed by atoms with Gasteiger partial charge in [0, 0.05) is 0 Å². The second-order valence-corrected chi connectivity index (χ2v) is 3.64. The quantitative estimate of drug-likeness (QED) is 0.517. The molecule has 0 aromatic carbocycles. The van der Waals surface area contributed by atoms with Crippen molar-refractivity contribution in [1.82, 2.24) is 0 Å². The maximum absolute atomic E-state index is 10.4. The molecule has 0 radical (unpaired) electrons. The van der Waals surface area contributed by atoms with Gasteiger partial charge in [-0.05, 0) is 31.9 Å². The fourth-order valence-corrected chi connectivity index (χ4v) is 1.33. The molecule has 0 heterocycles. The van der Waals surface area contributed by atoms with Crippen LogP contribution in [0.5, 0.6) is 0 Å². The first kappa shape index (κ1) is 10.3. The molecule has 1 rings (SSSR count). The Balaban J connectivity index is 2.71. The molecule has 1 aliphatic rings. The average molecular weight is 201 g/mol. The van der Waals surface area contributed by atoms with Crippen molar-refractivity contribution < 1.29 is 9.53 Å². The SMILES string of the molecule is CC1=C(OC(C)C=O)C=CCC1Cl. The largest absolute Gasteiger partial charge is 0.483 e. The summed E-state index contributed by atoms with van der Waals surface area (Å²) in [6, 6.07) is 0. The van der Waals surface area contributed by atoms with E-state index in [0.29, 0.717) is 0 Å². The van der Waals surface area contributed by atoms with Gasteiger partial charge in [-0.15, -0.1) is 11.6 Å². The van der Waals surface area contributed by atoms with Crippen molar-refractivity contribution >= 4 is 17.9 Å². The predicted octanol–water partition coefficient (Wildman–Crippen LogP) is 2.43. The van der Waals surface area contributed by atoms with Crippen molar-refractivity contribution in [2.45, 2.75) is 31.7 Å². The first-order valence-corrected chi connectivity index (χ1v) is 4.72. The highest BCUT2D eigenvalue weighted by Gasteiger charge is 2.15. The van der Waals surface area contributed by atoms with E-state index in [9.17, 15) is 4.79 Å². The van der Waals surface area contributed by atoms with Gasteiger partial charge in [-0.2, -0.15) is 0 Å². The first-order valence-electron chi connectivity index (χ1n) is 4.28. The zero-order valence-corrected chi connectivity index (χ0v) is 8.54. The van der Waals surface area contributed by atoms with Gasteiger partial charge in [0.2, 0.25) is 0 Å². The normalized spacial score (nSPS) is 24.4. The van der Waals surface area contributed by atoms with Crippen molar-refractivity contribution in [3.8, 4) is 0 Å². The summed E-state index contributed by atoms with van der Waals surface area (Å²) in [6.45, 7) is 3.63. The van der Waals surface area contributed by atoms with Gasteiger partial charge in [0.25, 0.3) is 0 Å². The maximum Gasteiger partial charge on any atom is 0.160 e. The Kier molecular flexibility index (Phi) is 3.55. The number of aldehydes is 1. The second-order valence-electron chi connectivity index (χ2n) is 3.11. The van der Waals surface area contributed by atoms with Gasteiger partial charge >= 0.3 is 0 Å². The van der Waals surface area contributed by atoms with Crippen molar-refractivity contribution in [3.63, 3.8) is 0 Å². The van der Waals surface area contributed by atoms with E-state index in [4.69, 9.17) is 16.3 Å². The van der Waals surface area contributed by atoms with Crippen LogP contribution in [0, 0.1) is 0 Å². The van der Waals surface area contributed by atoms with E-state index >= 15 is 0 Å². The zero-order valence-electron chi connectivity index (χ0n) is 7.79. The smallest absolute Gasteiger partial charge is 0.160 e. The number of alkyl halides is 1. The third-order valence-corrected chi connectivity index (χ3v) is 2.48. The van der Waals surface area contributed by atoms with E-state index in [1.807, 2.05) is 19.1 Å². The molecule has 0 bridgehead atoms. The van der Waals surface area contributed by atoms with Crippen molar-refractivity contribution in [1.29, 1.82) is 0 Å². The zero-order chi connectivity index (χ0) is 9.84. The number of hydrogen-bond acceptors (Lipinski definition) is 2. The number of carbonyl (C=O) groups excluding carboxylic acids is 1. The van der Waals surface area contributed by atoms with E-state index in [2.05, 4.69) is 0 Å². The molecule has 3 heteroatoms. The topological polar surface area (TPSA) is 26.3 Å². The fraction of sp³-hybridized carbons (Fsp3) is 0.500. The van der Waals surface area contributed by atoms with E-state index in [-0.39, 0.29) is 5.38 Å². The van der Waals surface area contributed by atoms with Crippen LogP contribution in [-0.2, 0) is 9.53 Å². The van der Waals surface area contributed by atoms with E-state index < -0.39 is 6.10 Å². The van der Waals surface area contributed by atoms with Gasteiger partial charge in [0.05, 0.1) is 5.38 Å².